The summed E-state index contributed by atoms with van der Waals surface area (Å²) in [5, 5.41) is 3.79. The number of carbonyl (C=O) groups excluding carboxylic acids is 2. The van der Waals surface area contributed by atoms with Gasteiger partial charge in [0.05, 0.1) is 12.1 Å². The zero-order chi connectivity index (χ0) is 22.1. The van der Waals surface area contributed by atoms with Crippen molar-refractivity contribution in [1.82, 2.24) is 9.88 Å². The molecule has 0 saturated carbocycles. The van der Waals surface area contributed by atoms with E-state index < -0.39 is 0 Å². The van der Waals surface area contributed by atoms with Gasteiger partial charge in [-0.1, -0.05) is 47.5 Å². The van der Waals surface area contributed by atoms with E-state index in [2.05, 4.69) is 10.3 Å². The fourth-order valence-corrected chi connectivity index (χ4v) is 3.91. The molecule has 1 aliphatic heterocycles. The molecule has 0 bridgehead atoms. The largest absolute Gasteiger partial charge is 0.350 e. The summed E-state index contributed by atoms with van der Waals surface area (Å²) in [5.74, 6) is -0.703. The number of imide groups is 1. The highest BCUT2D eigenvalue weighted by Crippen LogP contribution is 2.34. The van der Waals surface area contributed by atoms with Gasteiger partial charge in [0.2, 0.25) is 0 Å². The number of anilines is 1. The van der Waals surface area contributed by atoms with E-state index in [1.165, 1.54) is 4.90 Å². The molecule has 0 spiro atoms. The van der Waals surface area contributed by atoms with Crippen LogP contribution in [0.4, 0.5) is 5.69 Å². The number of carbonyl (C=O) groups is 2. The van der Waals surface area contributed by atoms with Gasteiger partial charge in [-0.2, -0.15) is 0 Å². The minimum absolute atomic E-state index is 0.152. The highest BCUT2D eigenvalue weighted by molar-refractivity contribution is 6.37. The number of rotatable bonds is 5. The lowest BCUT2D eigenvalue weighted by Gasteiger charge is -2.15. The van der Waals surface area contributed by atoms with Gasteiger partial charge < -0.3 is 5.32 Å². The lowest BCUT2D eigenvalue weighted by Crippen LogP contribution is -2.32. The van der Waals surface area contributed by atoms with E-state index in [0.717, 1.165) is 27.8 Å². The molecule has 31 heavy (non-hydrogen) atoms. The molecule has 0 atom stereocenters. The average Bonchev–Trinajstić information content (AvgIpc) is 2.97. The van der Waals surface area contributed by atoms with Crippen LogP contribution < -0.4 is 5.32 Å². The number of hydrogen-bond acceptors (Lipinski definition) is 4. The summed E-state index contributed by atoms with van der Waals surface area (Å²) >= 11 is 6.27. The highest BCUT2D eigenvalue weighted by Gasteiger charge is 2.39. The molecule has 0 fully saturated rings. The molecule has 0 aliphatic carbocycles. The topological polar surface area (TPSA) is 62.3 Å². The van der Waals surface area contributed by atoms with Crippen LogP contribution >= 0.6 is 11.6 Å². The van der Waals surface area contributed by atoms with Crippen molar-refractivity contribution < 1.29 is 9.59 Å². The Morgan fingerprint density at radius 3 is 2.52 bits per heavy atom. The van der Waals surface area contributed by atoms with E-state index in [1.54, 1.807) is 24.5 Å². The second-order valence-corrected chi connectivity index (χ2v) is 8.07. The summed E-state index contributed by atoms with van der Waals surface area (Å²) in [6.07, 6.45) is 3.31. The Kier molecular flexibility index (Phi) is 5.61. The van der Waals surface area contributed by atoms with Crippen molar-refractivity contribution in [3.63, 3.8) is 0 Å². The molecule has 3 aromatic rings. The zero-order valence-corrected chi connectivity index (χ0v) is 18.3. The molecular formula is C25H22ClN3O2. The van der Waals surface area contributed by atoms with Gasteiger partial charge in [0.25, 0.3) is 11.8 Å². The van der Waals surface area contributed by atoms with Gasteiger partial charge in [-0.3, -0.25) is 19.5 Å². The van der Waals surface area contributed by atoms with Crippen molar-refractivity contribution in [3.8, 4) is 0 Å². The second-order valence-electron chi connectivity index (χ2n) is 7.66. The molecule has 2 heterocycles. The van der Waals surface area contributed by atoms with E-state index in [1.807, 2.05) is 57.2 Å². The van der Waals surface area contributed by atoms with Crippen molar-refractivity contribution in [1.29, 1.82) is 0 Å². The van der Waals surface area contributed by atoms with Gasteiger partial charge >= 0.3 is 0 Å². The van der Waals surface area contributed by atoms with Crippen molar-refractivity contribution in [2.45, 2.75) is 27.3 Å². The molecule has 0 unspecified atom stereocenters. The molecule has 6 heteroatoms. The van der Waals surface area contributed by atoms with Gasteiger partial charge in [-0.05, 0) is 61.2 Å². The Hall–Kier alpha value is -3.44. The molecule has 0 radical (unpaired) electrons. The van der Waals surface area contributed by atoms with Crippen LogP contribution in [-0.2, 0) is 16.1 Å². The normalized spacial score (nSPS) is 13.9. The summed E-state index contributed by atoms with van der Waals surface area (Å²) < 4.78 is 0. The lowest BCUT2D eigenvalue weighted by molar-refractivity contribution is -0.137. The van der Waals surface area contributed by atoms with E-state index >= 15 is 0 Å². The third-order valence-electron chi connectivity index (χ3n) is 5.41. The third kappa shape index (κ3) is 3.97. The van der Waals surface area contributed by atoms with Crippen LogP contribution in [0.1, 0.15) is 27.8 Å². The third-order valence-corrected chi connectivity index (χ3v) is 5.82. The Morgan fingerprint density at radius 1 is 1.00 bits per heavy atom. The molecule has 1 aliphatic rings. The molecule has 1 N–H and O–H groups in total. The van der Waals surface area contributed by atoms with Crippen LogP contribution in [0.3, 0.4) is 0 Å². The van der Waals surface area contributed by atoms with Crippen LogP contribution in [0, 0.1) is 20.8 Å². The maximum atomic E-state index is 13.5. The van der Waals surface area contributed by atoms with E-state index in [0.29, 0.717) is 16.3 Å². The number of aryl methyl sites for hydroxylation is 2. The Bertz CT molecular complexity index is 1220. The lowest BCUT2D eigenvalue weighted by atomic mass is 9.97. The molecular weight excluding hydrogens is 410 g/mol. The SMILES string of the molecule is Cc1ccc(C2=C(Nc3cccc(Cl)c3C)C(=O)N(Cc3cccnc3)C2=O)c(C)c1. The maximum Gasteiger partial charge on any atom is 0.278 e. The first kappa shape index (κ1) is 20.8. The highest BCUT2D eigenvalue weighted by atomic mass is 35.5. The summed E-state index contributed by atoms with van der Waals surface area (Å²) in [6.45, 7) is 5.96. The predicted molar refractivity (Wildman–Crippen MR) is 122 cm³/mol. The molecule has 156 valence electrons. The van der Waals surface area contributed by atoms with Gasteiger partial charge in [-0.25, -0.2) is 0 Å². The summed E-state index contributed by atoms with van der Waals surface area (Å²) in [7, 11) is 0. The average molecular weight is 432 g/mol. The van der Waals surface area contributed by atoms with Crippen LogP contribution in [-0.4, -0.2) is 21.7 Å². The van der Waals surface area contributed by atoms with Crippen molar-refractivity contribution in [2.75, 3.05) is 5.32 Å². The summed E-state index contributed by atoms with van der Waals surface area (Å²) in [6, 6.07) is 14.9. The molecule has 2 amide bonds. The fraction of sp³-hybridized carbons (Fsp3) is 0.160. The van der Waals surface area contributed by atoms with E-state index in [4.69, 9.17) is 11.6 Å². The Balaban J connectivity index is 1.81. The van der Waals surface area contributed by atoms with Crippen molar-refractivity contribution in [3.05, 3.63) is 99.5 Å². The number of nitrogens with zero attached hydrogens (tertiary/aromatic N) is 2. The van der Waals surface area contributed by atoms with Crippen molar-refractivity contribution in [2.24, 2.45) is 0 Å². The number of hydrogen-bond donors (Lipinski definition) is 1. The minimum Gasteiger partial charge on any atom is -0.350 e. The first-order valence-electron chi connectivity index (χ1n) is 9.96. The predicted octanol–water partition coefficient (Wildman–Crippen LogP) is 5.05. The standard InChI is InChI=1S/C25H22ClN3O2/c1-15-9-10-19(16(2)12-15)22-23(28-21-8-4-7-20(26)17(21)3)25(31)29(24(22)30)14-18-6-5-11-27-13-18/h4-13,28H,14H2,1-3H3. The van der Waals surface area contributed by atoms with Gasteiger partial charge in [0.15, 0.2) is 0 Å². The maximum absolute atomic E-state index is 13.5. The number of halogens is 1. The number of pyridine rings is 1. The number of benzene rings is 2. The molecule has 4 rings (SSSR count). The van der Waals surface area contributed by atoms with E-state index in [9.17, 15) is 9.59 Å². The van der Waals surface area contributed by atoms with Crippen LogP contribution in [0.15, 0.2) is 66.6 Å². The zero-order valence-electron chi connectivity index (χ0n) is 17.6. The van der Waals surface area contributed by atoms with Crippen LogP contribution in [0.25, 0.3) is 5.57 Å². The Morgan fingerprint density at radius 2 is 1.81 bits per heavy atom. The quantitative estimate of drug-likeness (QED) is 0.574. The number of nitrogens with one attached hydrogen (secondary N) is 1. The number of aromatic nitrogens is 1. The van der Waals surface area contributed by atoms with Gasteiger partial charge in [0, 0.05) is 23.1 Å². The molecule has 0 saturated heterocycles. The van der Waals surface area contributed by atoms with Crippen LogP contribution in [0.5, 0.6) is 0 Å². The van der Waals surface area contributed by atoms with Crippen molar-refractivity contribution >= 4 is 34.7 Å². The molecule has 5 nitrogen and oxygen atoms in total. The molecule has 2 aromatic carbocycles. The number of amides is 2. The first-order chi connectivity index (χ1) is 14.9. The van der Waals surface area contributed by atoms with Crippen LogP contribution in [0.2, 0.25) is 5.02 Å². The smallest absolute Gasteiger partial charge is 0.278 e. The van der Waals surface area contributed by atoms with Gasteiger partial charge in [-0.15, -0.1) is 0 Å². The Labute approximate surface area is 186 Å². The van der Waals surface area contributed by atoms with Gasteiger partial charge in [0.1, 0.15) is 5.70 Å². The second kappa shape index (κ2) is 8.36. The monoisotopic (exact) mass is 431 g/mol. The molecule has 1 aromatic heterocycles. The summed E-state index contributed by atoms with van der Waals surface area (Å²) in [4.78, 5) is 32.2. The minimum atomic E-state index is -0.372. The van der Waals surface area contributed by atoms with E-state index in [-0.39, 0.29) is 24.1 Å². The fourth-order valence-electron chi connectivity index (χ4n) is 3.73. The first-order valence-corrected chi connectivity index (χ1v) is 10.3. The summed E-state index contributed by atoms with van der Waals surface area (Å²) in [5.41, 5.74) is 5.66.